The maximum absolute atomic E-state index is 5.04. The molecule has 0 unspecified atom stereocenters. The molecule has 0 aliphatic heterocycles. The molecule has 90 valence electrons. The van der Waals surface area contributed by atoms with Crippen molar-refractivity contribution in [3.05, 3.63) is 45.9 Å². The van der Waals surface area contributed by atoms with Gasteiger partial charge in [-0.3, -0.25) is 0 Å². The molecule has 0 amide bonds. The lowest BCUT2D eigenvalue weighted by Gasteiger charge is -2.04. The Morgan fingerprint density at radius 3 is 2.76 bits per heavy atom. The van der Waals surface area contributed by atoms with Crippen LogP contribution in [-0.4, -0.2) is 12.1 Å². The first kappa shape index (κ1) is 12.1. The number of nitrogens with zero attached hydrogens (tertiary/aromatic N) is 1. The van der Waals surface area contributed by atoms with Gasteiger partial charge in [-0.1, -0.05) is 17.7 Å². The van der Waals surface area contributed by atoms with E-state index in [9.17, 15) is 0 Å². The van der Waals surface area contributed by atoms with E-state index in [1.165, 1.54) is 5.56 Å². The van der Waals surface area contributed by atoms with Gasteiger partial charge in [0.1, 0.15) is 5.01 Å². The molecule has 2 aromatic rings. The number of methoxy groups -OCH3 is 1. The van der Waals surface area contributed by atoms with Crippen molar-refractivity contribution in [2.45, 2.75) is 20.1 Å². The van der Waals surface area contributed by atoms with Gasteiger partial charge < -0.3 is 10.1 Å². The molecule has 0 atom stereocenters. The van der Waals surface area contributed by atoms with E-state index < -0.39 is 0 Å². The van der Waals surface area contributed by atoms with Crippen LogP contribution in [0.15, 0.2) is 29.6 Å². The number of rotatable bonds is 5. The van der Waals surface area contributed by atoms with Gasteiger partial charge in [-0.15, -0.1) is 11.3 Å². The Hall–Kier alpha value is -1.39. The zero-order valence-corrected chi connectivity index (χ0v) is 10.9. The Balaban J connectivity index is 1.90. The quantitative estimate of drug-likeness (QED) is 0.882. The molecule has 17 heavy (non-hydrogen) atoms. The average Bonchev–Trinajstić information content (AvgIpc) is 2.77. The summed E-state index contributed by atoms with van der Waals surface area (Å²) in [5.74, 6) is 0. The summed E-state index contributed by atoms with van der Waals surface area (Å²) in [5, 5.41) is 6.43. The molecule has 3 nitrogen and oxygen atoms in total. The summed E-state index contributed by atoms with van der Waals surface area (Å²) in [6.07, 6.45) is 0. The van der Waals surface area contributed by atoms with Gasteiger partial charge in [0.05, 0.1) is 18.8 Å². The monoisotopic (exact) mass is 248 g/mol. The Kier molecular flexibility index (Phi) is 4.12. The second kappa shape index (κ2) is 5.80. The van der Waals surface area contributed by atoms with Crippen molar-refractivity contribution in [2.24, 2.45) is 0 Å². The third kappa shape index (κ3) is 3.54. The van der Waals surface area contributed by atoms with Crippen molar-refractivity contribution in [3.63, 3.8) is 0 Å². The van der Waals surface area contributed by atoms with Crippen molar-refractivity contribution >= 4 is 17.0 Å². The maximum Gasteiger partial charge on any atom is 0.119 e. The van der Waals surface area contributed by atoms with Crippen LogP contribution in [0, 0.1) is 6.92 Å². The van der Waals surface area contributed by atoms with Crippen LogP contribution in [0.1, 0.15) is 16.3 Å². The van der Waals surface area contributed by atoms with E-state index in [4.69, 9.17) is 4.74 Å². The minimum Gasteiger partial charge on any atom is -0.379 e. The third-order valence-electron chi connectivity index (χ3n) is 2.39. The number of ether oxygens (including phenoxy) is 1. The molecule has 0 saturated heterocycles. The van der Waals surface area contributed by atoms with Gasteiger partial charge in [0.2, 0.25) is 0 Å². The minimum absolute atomic E-state index is 0.592. The Morgan fingerprint density at radius 1 is 1.29 bits per heavy atom. The van der Waals surface area contributed by atoms with E-state index in [0.717, 1.165) is 22.9 Å². The smallest absolute Gasteiger partial charge is 0.119 e. The lowest BCUT2D eigenvalue weighted by Crippen LogP contribution is -2.00. The highest BCUT2D eigenvalue weighted by Gasteiger charge is 2.01. The molecule has 0 radical (unpaired) electrons. The summed E-state index contributed by atoms with van der Waals surface area (Å²) >= 11 is 1.64. The number of anilines is 1. The van der Waals surface area contributed by atoms with E-state index in [1.54, 1.807) is 18.4 Å². The molecule has 0 bridgehead atoms. The lowest BCUT2D eigenvalue weighted by molar-refractivity contribution is 0.184. The number of nitrogens with one attached hydrogen (secondary N) is 1. The predicted octanol–water partition coefficient (Wildman–Crippen LogP) is 3.21. The molecule has 0 aliphatic rings. The van der Waals surface area contributed by atoms with Crippen LogP contribution in [0.2, 0.25) is 0 Å². The van der Waals surface area contributed by atoms with Crippen LogP contribution >= 0.6 is 11.3 Å². The molecule has 0 aliphatic carbocycles. The van der Waals surface area contributed by atoms with Crippen LogP contribution < -0.4 is 5.32 Å². The summed E-state index contributed by atoms with van der Waals surface area (Å²) in [6, 6.07) is 8.36. The van der Waals surface area contributed by atoms with Crippen molar-refractivity contribution in [2.75, 3.05) is 12.4 Å². The third-order valence-corrected chi connectivity index (χ3v) is 3.26. The summed E-state index contributed by atoms with van der Waals surface area (Å²) in [4.78, 5) is 4.46. The van der Waals surface area contributed by atoms with E-state index in [-0.39, 0.29) is 0 Å². The summed E-state index contributed by atoms with van der Waals surface area (Å²) < 4.78 is 5.04. The molecule has 1 N–H and O–H groups in total. The molecular formula is C13H16N2OS. The number of hydrogen-bond donors (Lipinski definition) is 1. The Bertz CT molecular complexity index is 465. The fourth-order valence-corrected chi connectivity index (χ4v) is 2.25. The minimum atomic E-state index is 0.592. The van der Waals surface area contributed by atoms with Crippen molar-refractivity contribution < 1.29 is 4.74 Å². The zero-order valence-electron chi connectivity index (χ0n) is 10.1. The second-order valence-electron chi connectivity index (χ2n) is 3.89. The van der Waals surface area contributed by atoms with Crippen molar-refractivity contribution in [1.82, 2.24) is 4.98 Å². The van der Waals surface area contributed by atoms with E-state index >= 15 is 0 Å². The molecule has 1 aromatic heterocycles. The maximum atomic E-state index is 5.04. The molecular weight excluding hydrogens is 232 g/mol. The van der Waals surface area contributed by atoms with Gasteiger partial charge in [0.25, 0.3) is 0 Å². The predicted molar refractivity (Wildman–Crippen MR) is 71.3 cm³/mol. The van der Waals surface area contributed by atoms with Crippen LogP contribution in [-0.2, 0) is 17.9 Å². The molecule has 0 spiro atoms. The van der Waals surface area contributed by atoms with Gasteiger partial charge >= 0.3 is 0 Å². The highest BCUT2D eigenvalue weighted by atomic mass is 32.1. The van der Waals surface area contributed by atoms with Gasteiger partial charge in [0.15, 0.2) is 0 Å². The molecule has 1 heterocycles. The van der Waals surface area contributed by atoms with Gasteiger partial charge in [0, 0.05) is 18.2 Å². The average molecular weight is 248 g/mol. The van der Waals surface area contributed by atoms with E-state index in [1.807, 2.05) is 0 Å². The summed E-state index contributed by atoms with van der Waals surface area (Å²) in [7, 11) is 1.69. The summed E-state index contributed by atoms with van der Waals surface area (Å²) in [5.41, 5.74) is 3.45. The van der Waals surface area contributed by atoms with Gasteiger partial charge in [-0.2, -0.15) is 0 Å². The molecule has 0 fully saturated rings. The Morgan fingerprint density at radius 2 is 2.06 bits per heavy atom. The first-order valence-corrected chi connectivity index (χ1v) is 6.38. The molecule has 2 rings (SSSR count). The van der Waals surface area contributed by atoms with E-state index in [0.29, 0.717) is 6.61 Å². The largest absolute Gasteiger partial charge is 0.379 e. The zero-order chi connectivity index (χ0) is 12.1. The second-order valence-corrected chi connectivity index (χ2v) is 4.83. The normalized spacial score (nSPS) is 10.5. The van der Waals surface area contributed by atoms with E-state index in [2.05, 4.69) is 46.9 Å². The van der Waals surface area contributed by atoms with Gasteiger partial charge in [-0.05, 0) is 19.1 Å². The molecule has 4 heteroatoms. The number of aromatic nitrogens is 1. The fourth-order valence-electron chi connectivity index (χ4n) is 1.48. The topological polar surface area (TPSA) is 34.1 Å². The standard InChI is InChI=1S/C13H16N2OS/c1-10-3-5-11(6-4-10)14-7-12-9-17-13(15-12)8-16-2/h3-6,9,14H,7-8H2,1-2H3. The summed E-state index contributed by atoms with van der Waals surface area (Å²) in [6.45, 7) is 3.43. The van der Waals surface area contributed by atoms with Crippen LogP contribution in [0.4, 0.5) is 5.69 Å². The van der Waals surface area contributed by atoms with Crippen LogP contribution in [0.5, 0.6) is 0 Å². The van der Waals surface area contributed by atoms with Crippen molar-refractivity contribution in [1.29, 1.82) is 0 Å². The number of benzene rings is 1. The number of aryl methyl sites for hydroxylation is 1. The van der Waals surface area contributed by atoms with Crippen molar-refractivity contribution in [3.8, 4) is 0 Å². The highest BCUT2D eigenvalue weighted by molar-refractivity contribution is 7.09. The lowest BCUT2D eigenvalue weighted by atomic mass is 10.2. The first-order chi connectivity index (χ1) is 8.28. The highest BCUT2D eigenvalue weighted by Crippen LogP contribution is 2.13. The van der Waals surface area contributed by atoms with Gasteiger partial charge in [-0.25, -0.2) is 4.98 Å². The SMILES string of the molecule is COCc1nc(CNc2ccc(C)cc2)cs1. The molecule has 1 aromatic carbocycles. The van der Waals surface area contributed by atoms with Crippen LogP contribution in [0.3, 0.4) is 0 Å². The first-order valence-electron chi connectivity index (χ1n) is 5.50. The number of hydrogen-bond acceptors (Lipinski definition) is 4. The Labute approximate surface area is 105 Å². The number of thiazole rings is 1. The fraction of sp³-hybridized carbons (Fsp3) is 0.308. The van der Waals surface area contributed by atoms with Crippen LogP contribution in [0.25, 0.3) is 0 Å². The molecule has 0 saturated carbocycles.